The van der Waals surface area contributed by atoms with Gasteiger partial charge in [-0.05, 0) is 78.0 Å². The third kappa shape index (κ3) is 3.82. The molecule has 55 heavy (non-hydrogen) atoms. The normalized spacial score (nSPS) is 16.4. The zero-order chi connectivity index (χ0) is 36.1. The molecule has 1 aliphatic heterocycles. The Labute approximate surface area is 320 Å². The lowest BCUT2D eigenvalue weighted by atomic mass is 9.63. The number of ether oxygens (including phenoxy) is 1. The Morgan fingerprint density at radius 2 is 0.855 bits per heavy atom. The SMILES string of the molecule is c1ccc(C2(c3ccccc3)c3ccccc3Oc3c(-c4cccc5c4-c4ccccc4C54c5ccccc5-c5ccc6ccccc6c54)cccc32)cc1. The standard InChI is InChI=1S/C54H34O/c1-3-18-36(19-4-1)53(37-20-5-2-6-21-37)46-29-13-14-32-49(46)55-52-42(26-16-31-48(52)53)40-25-15-30-47-50(40)43-24-10-12-28-45(43)54(47)44-27-11-9-23-39(44)41-34-33-35-17-7-8-22-38(35)51(41)54/h1-34H. The fourth-order valence-electron chi connectivity index (χ4n) is 10.6. The number of hydrogen-bond acceptors (Lipinski definition) is 1. The van der Waals surface area contributed by atoms with Gasteiger partial charge in [0.05, 0.1) is 10.8 Å². The fourth-order valence-corrected chi connectivity index (χ4v) is 10.6. The van der Waals surface area contributed by atoms with Crippen LogP contribution < -0.4 is 4.74 Å². The first kappa shape index (κ1) is 30.5. The summed E-state index contributed by atoms with van der Waals surface area (Å²) in [6.07, 6.45) is 0. The average molecular weight is 699 g/mol. The number of para-hydroxylation sites is 2. The lowest BCUT2D eigenvalue weighted by molar-refractivity contribution is 0.436. The molecule has 1 atom stereocenters. The molecule has 0 aromatic heterocycles. The van der Waals surface area contributed by atoms with E-state index in [1.807, 2.05) is 0 Å². The molecule has 1 heterocycles. The third-order valence-corrected chi connectivity index (χ3v) is 12.6. The van der Waals surface area contributed by atoms with Gasteiger partial charge in [0, 0.05) is 16.7 Å². The van der Waals surface area contributed by atoms with Crippen LogP contribution in [-0.4, -0.2) is 0 Å². The lowest BCUT2D eigenvalue weighted by Crippen LogP contribution is -2.34. The van der Waals surface area contributed by atoms with Gasteiger partial charge in [-0.2, -0.15) is 0 Å². The first-order chi connectivity index (χ1) is 27.3. The van der Waals surface area contributed by atoms with Crippen molar-refractivity contribution in [1.82, 2.24) is 0 Å². The van der Waals surface area contributed by atoms with E-state index in [9.17, 15) is 0 Å². The van der Waals surface area contributed by atoms with Crippen molar-refractivity contribution < 1.29 is 4.74 Å². The van der Waals surface area contributed by atoms with Gasteiger partial charge in [0.2, 0.25) is 0 Å². The molecule has 0 amide bonds. The largest absolute Gasteiger partial charge is 0.456 e. The monoisotopic (exact) mass is 698 g/mol. The molecule has 1 spiro atoms. The third-order valence-electron chi connectivity index (χ3n) is 12.6. The molecule has 9 aromatic rings. The van der Waals surface area contributed by atoms with Crippen molar-refractivity contribution in [2.45, 2.75) is 10.8 Å². The second-order valence-corrected chi connectivity index (χ2v) is 15.0. The number of fused-ring (bicyclic) bond motifs is 14. The van der Waals surface area contributed by atoms with E-state index in [2.05, 4.69) is 206 Å². The number of hydrogen-bond donors (Lipinski definition) is 0. The van der Waals surface area contributed by atoms with Gasteiger partial charge in [0.15, 0.2) is 0 Å². The summed E-state index contributed by atoms with van der Waals surface area (Å²) in [6.45, 7) is 0. The molecule has 0 fully saturated rings. The summed E-state index contributed by atoms with van der Waals surface area (Å²) >= 11 is 0. The second-order valence-electron chi connectivity index (χ2n) is 15.0. The van der Waals surface area contributed by atoms with Crippen LogP contribution in [0, 0.1) is 0 Å². The highest BCUT2D eigenvalue weighted by molar-refractivity contribution is 6.06. The van der Waals surface area contributed by atoms with Crippen LogP contribution in [0.5, 0.6) is 11.5 Å². The van der Waals surface area contributed by atoms with E-state index in [0.29, 0.717) is 0 Å². The van der Waals surface area contributed by atoms with E-state index in [1.165, 1.54) is 72.0 Å². The van der Waals surface area contributed by atoms with E-state index in [0.717, 1.165) is 28.2 Å². The van der Waals surface area contributed by atoms with Crippen molar-refractivity contribution in [1.29, 1.82) is 0 Å². The molecule has 1 nitrogen and oxygen atoms in total. The minimum atomic E-state index is -0.595. The van der Waals surface area contributed by atoms with Gasteiger partial charge < -0.3 is 4.74 Å². The Morgan fingerprint density at radius 3 is 1.62 bits per heavy atom. The van der Waals surface area contributed by atoms with Crippen molar-refractivity contribution in [3.63, 3.8) is 0 Å². The lowest BCUT2D eigenvalue weighted by Gasteiger charge is -2.42. The van der Waals surface area contributed by atoms with E-state index in [4.69, 9.17) is 4.74 Å². The van der Waals surface area contributed by atoms with Crippen LogP contribution in [0.1, 0.15) is 44.5 Å². The van der Waals surface area contributed by atoms with Crippen LogP contribution in [-0.2, 0) is 10.8 Å². The first-order valence-electron chi connectivity index (χ1n) is 19.2. The first-order valence-corrected chi connectivity index (χ1v) is 19.2. The molecule has 0 N–H and O–H groups in total. The maximum atomic E-state index is 7.20. The van der Waals surface area contributed by atoms with Crippen LogP contribution in [0.2, 0.25) is 0 Å². The van der Waals surface area contributed by atoms with Gasteiger partial charge in [0.25, 0.3) is 0 Å². The van der Waals surface area contributed by atoms with E-state index in [-0.39, 0.29) is 0 Å². The van der Waals surface area contributed by atoms with Crippen LogP contribution in [0.25, 0.3) is 44.2 Å². The summed E-state index contributed by atoms with van der Waals surface area (Å²) in [7, 11) is 0. The van der Waals surface area contributed by atoms with Gasteiger partial charge in [-0.1, -0.05) is 200 Å². The summed E-state index contributed by atoms with van der Waals surface area (Å²) in [6, 6.07) is 76.0. The molecule has 9 aromatic carbocycles. The molecular weight excluding hydrogens is 665 g/mol. The molecular formula is C54H34O. The minimum absolute atomic E-state index is 0.477. The molecule has 12 rings (SSSR count). The summed E-state index contributed by atoms with van der Waals surface area (Å²) < 4.78 is 7.20. The Hall–Kier alpha value is -6.96. The second kappa shape index (κ2) is 11.3. The van der Waals surface area contributed by atoms with Crippen LogP contribution in [0.4, 0.5) is 0 Å². The highest BCUT2D eigenvalue weighted by Gasteiger charge is 2.53. The van der Waals surface area contributed by atoms with Gasteiger partial charge in [-0.15, -0.1) is 0 Å². The Balaban J connectivity index is 1.20. The number of rotatable bonds is 3. The van der Waals surface area contributed by atoms with E-state index < -0.39 is 10.8 Å². The minimum Gasteiger partial charge on any atom is -0.456 e. The average Bonchev–Trinajstić information content (AvgIpc) is 3.74. The van der Waals surface area contributed by atoms with Crippen molar-refractivity contribution in [2.24, 2.45) is 0 Å². The quantitative estimate of drug-likeness (QED) is 0.178. The Bertz CT molecular complexity index is 2970. The molecule has 0 bridgehead atoms. The zero-order valence-corrected chi connectivity index (χ0v) is 30.0. The summed E-state index contributed by atoms with van der Waals surface area (Å²) in [5.41, 5.74) is 16.5. The summed E-state index contributed by atoms with van der Waals surface area (Å²) in [5, 5.41) is 2.56. The highest BCUT2D eigenvalue weighted by atomic mass is 16.5. The summed E-state index contributed by atoms with van der Waals surface area (Å²) in [5.74, 6) is 1.78. The molecule has 1 heteroatoms. The molecule has 0 saturated heterocycles. The topological polar surface area (TPSA) is 9.23 Å². The van der Waals surface area contributed by atoms with Crippen LogP contribution in [0.15, 0.2) is 206 Å². The smallest absolute Gasteiger partial charge is 0.140 e. The van der Waals surface area contributed by atoms with E-state index >= 15 is 0 Å². The van der Waals surface area contributed by atoms with Gasteiger partial charge in [-0.25, -0.2) is 0 Å². The molecule has 0 saturated carbocycles. The highest BCUT2D eigenvalue weighted by Crippen LogP contribution is 2.66. The zero-order valence-electron chi connectivity index (χ0n) is 30.0. The van der Waals surface area contributed by atoms with Crippen molar-refractivity contribution in [3.8, 4) is 44.9 Å². The Kier molecular flexibility index (Phi) is 6.25. The van der Waals surface area contributed by atoms with E-state index in [1.54, 1.807) is 0 Å². The van der Waals surface area contributed by atoms with Gasteiger partial charge >= 0.3 is 0 Å². The molecule has 3 aliphatic rings. The molecule has 1 unspecified atom stereocenters. The molecule has 256 valence electrons. The maximum absolute atomic E-state index is 7.20. The van der Waals surface area contributed by atoms with Gasteiger partial charge in [0.1, 0.15) is 11.5 Å². The van der Waals surface area contributed by atoms with Crippen molar-refractivity contribution in [3.05, 3.63) is 251 Å². The van der Waals surface area contributed by atoms with Crippen LogP contribution >= 0.6 is 0 Å². The predicted molar refractivity (Wildman–Crippen MR) is 224 cm³/mol. The number of benzene rings is 9. The van der Waals surface area contributed by atoms with Crippen molar-refractivity contribution in [2.75, 3.05) is 0 Å². The predicted octanol–water partition coefficient (Wildman–Crippen LogP) is 13.3. The molecule has 2 aliphatic carbocycles. The van der Waals surface area contributed by atoms with Crippen LogP contribution in [0.3, 0.4) is 0 Å². The Morgan fingerprint density at radius 1 is 0.309 bits per heavy atom. The summed E-state index contributed by atoms with van der Waals surface area (Å²) in [4.78, 5) is 0. The maximum Gasteiger partial charge on any atom is 0.140 e. The molecule has 0 radical (unpaired) electrons. The fraction of sp³-hybridized carbons (Fsp3) is 0.0370. The van der Waals surface area contributed by atoms with Crippen molar-refractivity contribution >= 4 is 10.8 Å². The van der Waals surface area contributed by atoms with Gasteiger partial charge in [-0.3, -0.25) is 0 Å².